The number of nitrogens with one attached hydrogen (secondary N) is 1. The van der Waals surface area contributed by atoms with Gasteiger partial charge in [0.05, 0.1) is 12.3 Å². The van der Waals surface area contributed by atoms with Crippen molar-refractivity contribution in [3.05, 3.63) is 42.7 Å². The highest BCUT2D eigenvalue weighted by Crippen LogP contribution is 2.30. The number of nitrogens with zero attached hydrogens (tertiary/aromatic N) is 3. The van der Waals surface area contributed by atoms with Crippen molar-refractivity contribution in [1.82, 2.24) is 20.1 Å². The number of ether oxygens (including phenoxy) is 2. The summed E-state index contributed by atoms with van der Waals surface area (Å²) < 4.78 is 13.4. The molecule has 8 heteroatoms. The Morgan fingerprint density at radius 2 is 2.24 bits per heavy atom. The van der Waals surface area contributed by atoms with Gasteiger partial charge < -0.3 is 19.4 Å². The van der Waals surface area contributed by atoms with Crippen LogP contribution in [0.15, 0.2) is 42.1 Å². The van der Waals surface area contributed by atoms with Crippen LogP contribution in [0.25, 0.3) is 0 Å². The second-order valence-electron chi connectivity index (χ2n) is 5.52. The molecule has 1 unspecified atom stereocenters. The molecule has 0 saturated heterocycles. The zero-order chi connectivity index (χ0) is 17.6. The number of carbonyl (C=O) groups excluding carboxylic acids is 1. The van der Waals surface area contributed by atoms with E-state index in [-0.39, 0.29) is 17.8 Å². The number of amides is 1. The molecule has 0 saturated carbocycles. The molecule has 1 aliphatic heterocycles. The number of hydrogen-bond donors (Lipinski definition) is 1. The third-order valence-electron chi connectivity index (χ3n) is 3.64. The van der Waals surface area contributed by atoms with Crippen molar-refractivity contribution < 1.29 is 14.3 Å². The van der Waals surface area contributed by atoms with E-state index in [0.717, 1.165) is 11.6 Å². The predicted molar refractivity (Wildman–Crippen MR) is 95.0 cm³/mol. The third kappa shape index (κ3) is 4.33. The molecule has 132 valence electrons. The predicted octanol–water partition coefficient (Wildman–Crippen LogP) is 1.82. The number of allylic oxidation sites excluding steroid dienone is 1. The van der Waals surface area contributed by atoms with Gasteiger partial charge in [-0.15, -0.1) is 16.8 Å². The lowest BCUT2D eigenvalue weighted by Gasteiger charge is -2.26. The second-order valence-corrected chi connectivity index (χ2v) is 6.46. The van der Waals surface area contributed by atoms with Crippen LogP contribution in [0, 0.1) is 6.92 Å². The standard InChI is InChI=1S/C17H20N4O3S/c1-3-8-21-12(2)19-20-17(21)25-11-16(22)18-9-13-10-23-14-6-4-5-7-15(14)24-13/h3-7,13H,1,8-11H2,2H3,(H,18,22). The van der Waals surface area contributed by atoms with Gasteiger partial charge in [-0.3, -0.25) is 4.79 Å². The van der Waals surface area contributed by atoms with Gasteiger partial charge in [-0.05, 0) is 19.1 Å². The van der Waals surface area contributed by atoms with Crippen molar-refractivity contribution in [2.75, 3.05) is 18.9 Å². The fraction of sp³-hybridized carbons (Fsp3) is 0.353. The maximum atomic E-state index is 12.1. The Bertz CT molecular complexity index is 762. The van der Waals surface area contributed by atoms with Gasteiger partial charge in [0.25, 0.3) is 0 Å². The van der Waals surface area contributed by atoms with Gasteiger partial charge in [0, 0.05) is 6.54 Å². The molecule has 1 aromatic carbocycles. The zero-order valence-corrected chi connectivity index (χ0v) is 14.8. The minimum absolute atomic E-state index is 0.0849. The van der Waals surface area contributed by atoms with Crippen LogP contribution < -0.4 is 14.8 Å². The number of rotatable bonds is 7. The molecule has 2 heterocycles. The summed E-state index contributed by atoms with van der Waals surface area (Å²) in [5, 5.41) is 11.7. The van der Waals surface area contributed by atoms with E-state index in [1.54, 1.807) is 6.08 Å². The molecule has 1 amide bonds. The molecule has 1 N–H and O–H groups in total. The minimum Gasteiger partial charge on any atom is -0.486 e. The van der Waals surface area contributed by atoms with E-state index in [2.05, 4.69) is 22.1 Å². The molecule has 3 rings (SSSR count). The number of hydrogen-bond acceptors (Lipinski definition) is 6. The molecular formula is C17H20N4O3S. The summed E-state index contributed by atoms with van der Waals surface area (Å²) >= 11 is 1.35. The first-order valence-corrected chi connectivity index (χ1v) is 8.94. The Balaban J connectivity index is 1.45. The third-order valence-corrected chi connectivity index (χ3v) is 4.61. The maximum absolute atomic E-state index is 12.1. The molecule has 1 aliphatic rings. The first kappa shape index (κ1) is 17.3. The van der Waals surface area contributed by atoms with Crippen LogP contribution in [0.5, 0.6) is 11.5 Å². The molecule has 1 aromatic heterocycles. The van der Waals surface area contributed by atoms with Gasteiger partial charge in [0.2, 0.25) is 5.91 Å². The lowest BCUT2D eigenvalue weighted by atomic mass is 10.2. The normalized spacial score (nSPS) is 15.6. The van der Waals surface area contributed by atoms with Gasteiger partial charge >= 0.3 is 0 Å². The molecule has 1 atom stereocenters. The summed E-state index contributed by atoms with van der Waals surface area (Å²) in [6, 6.07) is 7.51. The molecule has 7 nitrogen and oxygen atoms in total. The Morgan fingerprint density at radius 1 is 1.44 bits per heavy atom. The summed E-state index contributed by atoms with van der Waals surface area (Å²) in [5.41, 5.74) is 0. The largest absolute Gasteiger partial charge is 0.486 e. The number of fused-ring (bicyclic) bond motifs is 1. The molecule has 0 bridgehead atoms. The van der Waals surface area contributed by atoms with Gasteiger partial charge in [0.15, 0.2) is 16.7 Å². The topological polar surface area (TPSA) is 78.3 Å². The Morgan fingerprint density at radius 3 is 3.04 bits per heavy atom. The van der Waals surface area contributed by atoms with Crippen molar-refractivity contribution >= 4 is 17.7 Å². The van der Waals surface area contributed by atoms with Crippen molar-refractivity contribution in [3.63, 3.8) is 0 Å². The minimum atomic E-state index is -0.199. The number of aryl methyl sites for hydroxylation is 1. The summed E-state index contributed by atoms with van der Waals surface area (Å²) in [6.45, 7) is 7.02. The van der Waals surface area contributed by atoms with E-state index < -0.39 is 0 Å². The number of thioether (sulfide) groups is 1. The van der Waals surface area contributed by atoms with Crippen molar-refractivity contribution in [1.29, 1.82) is 0 Å². The van der Waals surface area contributed by atoms with Crippen LogP contribution in [-0.4, -0.2) is 45.7 Å². The molecule has 0 aliphatic carbocycles. The van der Waals surface area contributed by atoms with Gasteiger partial charge in [-0.25, -0.2) is 0 Å². The molecule has 0 spiro atoms. The van der Waals surface area contributed by atoms with E-state index in [4.69, 9.17) is 9.47 Å². The lowest BCUT2D eigenvalue weighted by Crippen LogP contribution is -2.41. The Hall–Kier alpha value is -2.48. The SMILES string of the molecule is C=CCn1c(C)nnc1SCC(=O)NCC1COc2ccccc2O1. The van der Waals surface area contributed by atoms with Crippen LogP contribution in [0.2, 0.25) is 0 Å². The van der Waals surface area contributed by atoms with E-state index in [9.17, 15) is 4.79 Å². The summed E-state index contributed by atoms with van der Waals surface area (Å²) in [7, 11) is 0. The molecule has 0 radical (unpaired) electrons. The molecule has 25 heavy (non-hydrogen) atoms. The molecule has 2 aromatic rings. The van der Waals surface area contributed by atoms with Crippen LogP contribution >= 0.6 is 11.8 Å². The van der Waals surface area contributed by atoms with E-state index in [1.807, 2.05) is 35.8 Å². The number of benzene rings is 1. The number of para-hydroxylation sites is 2. The number of carbonyl (C=O) groups is 1. The first-order chi connectivity index (χ1) is 12.2. The quantitative estimate of drug-likeness (QED) is 0.599. The fourth-order valence-electron chi connectivity index (χ4n) is 2.38. The highest BCUT2D eigenvalue weighted by molar-refractivity contribution is 7.99. The van der Waals surface area contributed by atoms with E-state index in [0.29, 0.717) is 30.6 Å². The van der Waals surface area contributed by atoms with E-state index >= 15 is 0 Å². The average molecular weight is 360 g/mol. The smallest absolute Gasteiger partial charge is 0.230 e. The highest BCUT2D eigenvalue weighted by atomic mass is 32.2. The average Bonchev–Trinajstić information content (AvgIpc) is 2.98. The van der Waals surface area contributed by atoms with Crippen LogP contribution in [0.1, 0.15) is 5.82 Å². The first-order valence-electron chi connectivity index (χ1n) is 7.96. The van der Waals surface area contributed by atoms with Gasteiger partial charge in [0.1, 0.15) is 18.5 Å². The fourth-order valence-corrected chi connectivity index (χ4v) is 3.20. The van der Waals surface area contributed by atoms with Crippen molar-refractivity contribution in [3.8, 4) is 11.5 Å². The maximum Gasteiger partial charge on any atom is 0.230 e. The summed E-state index contributed by atoms with van der Waals surface area (Å²) in [5.74, 6) is 2.42. The Kier molecular flexibility index (Phi) is 5.60. The van der Waals surface area contributed by atoms with Crippen LogP contribution in [0.4, 0.5) is 0 Å². The monoisotopic (exact) mass is 360 g/mol. The van der Waals surface area contributed by atoms with Gasteiger partial charge in [-0.2, -0.15) is 0 Å². The summed E-state index contributed by atoms with van der Waals surface area (Å²) in [4.78, 5) is 12.1. The van der Waals surface area contributed by atoms with Crippen molar-refractivity contribution in [2.24, 2.45) is 0 Å². The highest BCUT2D eigenvalue weighted by Gasteiger charge is 2.21. The van der Waals surface area contributed by atoms with Gasteiger partial charge in [-0.1, -0.05) is 30.0 Å². The zero-order valence-electron chi connectivity index (χ0n) is 14.0. The summed E-state index contributed by atoms with van der Waals surface area (Å²) in [6.07, 6.45) is 1.58. The second kappa shape index (κ2) is 8.06. The van der Waals surface area contributed by atoms with Crippen LogP contribution in [-0.2, 0) is 11.3 Å². The van der Waals surface area contributed by atoms with Crippen LogP contribution in [0.3, 0.4) is 0 Å². The molecular weight excluding hydrogens is 340 g/mol. The Labute approximate surface area is 150 Å². The lowest BCUT2D eigenvalue weighted by molar-refractivity contribution is -0.119. The van der Waals surface area contributed by atoms with Crippen molar-refractivity contribution in [2.45, 2.75) is 24.7 Å². The van der Waals surface area contributed by atoms with E-state index in [1.165, 1.54) is 11.8 Å². The molecule has 0 fully saturated rings. The number of aromatic nitrogens is 3.